The van der Waals surface area contributed by atoms with Crippen molar-refractivity contribution in [1.82, 2.24) is 20.9 Å². The minimum atomic E-state index is -1.21. The maximum Gasteiger partial charge on any atom is 0.333 e. The summed E-state index contributed by atoms with van der Waals surface area (Å²) in [5.41, 5.74) is 0.205. The topological polar surface area (TPSA) is 126 Å². The number of pyridine rings is 1. The first-order chi connectivity index (χ1) is 14.8. The van der Waals surface area contributed by atoms with Crippen molar-refractivity contribution in [3.05, 3.63) is 66.7 Å². The Kier molecular flexibility index (Phi) is 9.01. The number of thiol groups is 1. The third-order valence-corrected chi connectivity index (χ3v) is 4.38. The van der Waals surface area contributed by atoms with Gasteiger partial charge in [0.25, 0.3) is 11.8 Å². The van der Waals surface area contributed by atoms with E-state index in [1.54, 1.807) is 24.3 Å². The summed E-state index contributed by atoms with van der Waals surface area (Å²) in [6.45, 7) is 7.11. The van der Waals surface area contributed by atoms with E-state index < -0.39 is 29.9 Å². The molecule has 31 heavy (non-hydrogen) atoms. The smallest absolute Gasteiger partial charge is 0.333 e. The van der Waals surface area contributed by atoms with Crippen molar-refractivity contribution in [2.45, 2.75) is 31.5 Å². The largest absolute Gasteiger partial charge is 0.456 e. The molecular weight excluding hydrogens is 420 g/mol. The first-order valence-electron chi connectivity index (χ1n) is 9.48. The Morgan fingerprint density at radius 1 is 1.23 bits per heavy atom. The third kappa shape index (κ3) is 7.41. The Morgan fingerprint density at radius 2 is 2.00 bits per heavy atom. The molecule has 0 fully saturated rings. The molecule has 0 aliphatic carbocycles. The molecule has 0 aromatic carbocycles. The number of rotatable bonds is 4. The molecule has 1 aromatic rings. The lowest BCUT2D eigenvalue weighted by molar-refractivity contribution is -0.150. The van der Waals surface area contributed by atoms with E-state index >= 15 is 0 Å². The van der Waals surface area contributed by atoms with E-state index in [9.17, 15) is 19.2 Å². The van der Waals surface area contributed by atoms with Gasteiger partial charge >= 0.3 is 5.97 Å². The van der Waals surface area contributed by atoms with Gasteiger partial charge in [-0.25, -0.2) is 9.78 Å². The molecule has 1 aromatic heterocycles. The van der Waals surface area contributed by atoms with Gasteiger partial charge in [0.05, 0.1) is 24.4 Å². The van der Waals surface area contributed by atoms with E-state index in [0.29, 0.717) is 17.9 Å². The molecule has 2 rings (SSSR count). The summed E-state index contributed by atoms with van der Waals surface area (Å²) in [6, 6.07) is 3.49. The zero-order chi connectivity index (χ0) is 22.8. The van der Waals surface area contributed by atoms with Gasteiger partial charge in [0.15, 0.2) is 0 Å². The van der Waals surface area contributed by atoms with Crippen molar-refractivity contribution in [3.8, 4) is 0 Å². The highest BCUT2D eigenvalue weighted by molar-refractivity contribution is 7.80. The molecule has 3 N–H and O–H groups in total. The van der Waals surface area contributed by atoms with Crippen molar-refractivity contribution < 1.29 is 23.9 Å². The number of carbonyl (C=O) groups is 4. The molecule has 0 spiro atoms. The average Bonchev–Trinajstić information content (AvgIpc) is 2.75. The van der Waals surface area contributed by atoms with Crippen molar-refractivity contribution in [1.29, 1.82) is 0 Å². The van der Waals surface area contributed by atoms with E-state index in [2.05, 4.69) is 46.7 Å². The summed E-state index contributed by atoms with van der Waals surface area (Å²) in [6.07, 6.45) is 4.15. The van der Waals surface area contributed by atoms with E-state index in [1.165, 1.54) is 12.1 Å². The molecule has 10 heteroatoms. The predicted octanol–water partition coefficient (Wildman–Crippen LogP) is 0.804. The highest BCUT2D eigenvalue weighted by Gasteiger charge is 2.25. The molecule has 0 saturated heterocycles. The second-order valence-electron chi connectivity index (χ2n) is 6.53. The van der Waals surface area contributed by atoms with Gasteiger partial charge in [0.2, 0.25) is 5.91 Å². The lowest BCUT2D eigenvalue weighted by Gasteiger charge is -2.20. The molecule has 2 heterocycles. The van der Waals surface area contributed by atoms with E-state index in [0.717, 1.165) is 0 Å². The Bertz CT molecular complexity index is 915. The number of hydrogen-bond acceptors (Lipinski definition) is 7. The van der Waals surface area contributed by atoms with Crippen LogP contribution in [0.25, 0.3) is 0 Å². The number of carbonyl (C=O) groups excluding carboxylic acids is 4. The summed E-state index contributed by atoms with van der Waals surface area (Å²) in [5, 5.41) is 7.39. The van der Waals surface area contributed by atoms with Crippen LogP contribution < -0.4 is 16.0 Å². The fraction of sp³-hybridized carbons (Fsp3) is 0.286. The lowest BCUT2D eigenvalue weighted by atomic mass is 10.2. The number of ether oxygens (including phenoxy) is 1. The molecule has 0 unspecified atom stereocenters. The monoisotopic (exact) mass is 444 g/mol. The van der Waals surface area contributed by atoms with Gasteiger partial charge in [-0.3, -0.25) is 14.4 Å². The molecule has 3 amide bonds. The number of cyclic esters (lactones) is 1. The Morgan fingerprint density at radius 3 is 2.71 bits per heavy atom. The zero-order valence-electron chi connectivity index (χ0n) is 16.8. The Balaban J connectivity index is 2.32. The van der Waals surface area contributed by atoms with E-state index in [1.807, 2.05) is 0 Å². The summed E-state index contributed by atoms with van der Waals surface area (Å²) < 4.78 is 5.39. The maximum atomic E-state index is 12.5. The van der Waals surface area contributed by atoms with Crippen LogP contribution in [0.4, 0.5) is 0 Å². The zero-order valence-corrected chi connectivity index (χ0v) is 17.7. The number of esters is 1. The number of hydrogen-bond donors (Lipinski definition) is 4. The molecule has 0 radical (unpaired) electrons. The van der Waals surface area contributed by atoms with E-state index in [-0.39, 0.29) is 30.3 Å². The van der Waals surface area contributed by atoms with Crippen LogP contribution in [-0.4, -0.2) is 46.6 Å². The van der Waals surface area contributed by atoms with Crippen LogP contribution in [0.3, 0.4) is 0 Å². The fourth-order valence-electron chi connectivity index (χ4n) is 2.54. The Hall–Kier alpha value is -3.40. The van der Waals surface area contributed by atoms with Gasteiger partial charge in [-0.15, -0.1) is 6.58 Å². The van der Waals surface area contributed by atoms with Gasteiger partial charge in [-0.1, -0.05) is 24.8 Å². The van der Waals surface area contributed by atoms with Crippen molar-refractivity contribution in [2.24, 2.45) is 0 Å². The summed E-state index contributed by atoms with van der Waals surface area (Å²) >= 11 is 4.12. The molecule has 1 aliphatic heterocycles. The van der Waals surface area contributed by atoms with Gasteiger partial charge in [-0.2, -0.15) is 12.6 Å². The van der Waals surface area contributed by atoms with Crippen LogP contribution in [0.5, 0.6) is 0 Å². The molecule has 9 nitrogen and oxygen atoms in total. The van der Waals surface area contributed by atoms with E-state index in [4.69, 9.17) is 4.74 Å². The summed E-state index contributed by atoms with van der Waals surface area (Å²) in [5.74, 6) is -2.06. The maximum absolute atomic E-state index is 12.5. The van der Waals surface area contributed by atoms with Gasteiger partial charge < -0.3 is 20.7 Å². The number of nitrogens with one attached hydrogen (secondary N) is 3. The van der Waals surface area contributed by atoms with Crippen molar-refractivity contribution >= 4 is 36.3 Å². The normalized spacial score (nSPS) is 21.1. The van der Waals surface area contributed by atoms with Gasteiger partial charge in [0.1, 0.15) is 17.8 Å². The van der Waals surface area contributed by atoms with Gasteiger partial charge in [-0.05, 0) is 30.4 Å². The highest BCUT2D eigenvalue weighted by atomic mass is 32.1. The lowest BCUT2D eigenvalue weighted by Crippen LogP contribution is -2.45. The molecule has 2 atom stereocenters. The number of fused-ring (bicyclic) bond motifs is 2. The summed E-state index contributed by atoms with van der Waals surface area (Å²) in [4.78, 5) is 53.8. The minimum absolute atomic E-state index is 0.0417. The molecule has 164 valence electrons. The van der Waals surface area contributed by atoms with Crippen molar-refractivity contribution in [2.75, 3.05) is 5.75 Å². The standard InChI is InChI=1S/C21H24N4O5S/c1-3-16-21(29)30-15(8-4-5-10-31)11-18(26)22-12-14-7-6-9-17(24-14)20(28)23-13(2)19(27)25-16/h3-4,6-9,15-16,31H,1-2,5,10-12H2,(H,22,26)(H,23,28)(H,25,27)/b8-4+/t15-,16+/m1/s1. The number of amides is 3. The molecule has 0 saturated carbocycles. The number of nitrogens with zero attached hydrogens (tertiary/aromatic N) is 1. The minimum Gasteiger partial charge on any atom is -0.456 e. The second-order valence-corrected chi connectivity index (χ2v) is 6.98. The predicted molar refractivity (Wildman–Crippen MR) is 117 cm³/mol. The van der Waals surface area contributed by atoms with Crippen LogP contribution in [0.15, 0.2) is 55.3 Å². The fourth-order valence-corrected chi connectivity index (χ4v) is 2.69. The average molecular weight is 445 g/mol. The number of allylic oxidation sites excluding steroid dienone is 1. The van der Waals surface area contributed by atoms with Crippen LogP contribution in [0, 0.1) is 0 Å². The van der Waals surface area contributed by atoms with Crippen molar-refractivity contribution in [3.63, 3.8) is 0 Å². The Labute approximate surface area is 185 Å². The summed E-state index contributed by atoms with van der Waals surface area (Å²) in [7, 11) is 0. The van der Waals surface area contributed by atoms with Crippen LogP contribution in [0.2, 0.25) is 0 Å². The first-order valence-corrected chi connectivity index (χ1v) is 10.1. The molecular formula is C21H24N4O5S. The molecule has 1 aliphatic rings. The van der Waals surface area contributed by atoms with Gasteiger partial charge in [0, 0.05) is 0 Å². The highest BCUT2D eigenvalue weighted by Crippen LogP contribution is 2.08. The van der Waals surface area contributed by atoms with Crippen LogP contribution in [-0.2, 0) is 25.7 Å². The first kappa shape index (κ1) is 23.9. The SMILES string of the molecule is C=C[C@@H]1NC(=O)C(=C)NC(=O)c2cccc(n2)CNC(=O)C[C@@H](/C=C/CCS)OC1=O. The van der Waals surface area contributed by atoms with Crippen LogP contribution in [0.1, 0.15) is 29.0 Å². The third-order valence-electron chi connectivity index (χ3n) is 4.12. The molecule has 2 bridgehead atoms. The van der Waals surface area contributed by atoms with Crippen LogP contribution >= 0.6 is 12.6 Å². The number of aromatic nitrogens is 1. The quantitative estimate of drug-likeness (QED) is 0.236. The second kappa shape index (κ2) is 11.7.